The average molecular weight is 402 g/mol. The number of benzene rings is 1. The maximum atomic E-state index is 12.2. The number of carbonyl (C=O) groups excluding carboxylic acids is 1. The Hall–Kier alpha value is -1.41. The number of ether oxygens (including phenoxy) is 1. The minimum atomic E-state index is -0.456. The van der Waals surface area contributed by atoms with Crippen molar-refractivity contribution >= 4 is 40.1 Å². The molecule has 3 rings (SSSR count). The molecule has 1 aromatic heterocycles. The summed E-state index contributed by atoms with van der Waals surface area (Å²) >= 11 is 3.45. The Kier molecular flexibility index (Phi) is 6.59. The van der Waals surface area contributed by atoms with Gasteiger partial charge >= 0.3 is 0 Å². The van der Waals surface area contributed by atoms with Crippen LogP contribution in [0, 0.1) is 0 Å². The van der Waals surface area contributed by atoms with Crippen LogP contribution < -0.4 is 10.6 Å². The second-order valence-electron chi connectivity index (χ2n) is 5.06. The van der Waals surface area contributed by atoms with Crippen LogP contribution in [0.15, 0.2) is 41.0 Å². The molecular weight excluding hydrogens is 384 g/mol. The molecule has 1 fully saturated rings. The van der Waals surface area contributed by atoms with Gasteiger partial charge in [0.2, 0.25) is 0 Å². The molecule has 0 aliphatic carbocycles. The van der Waals surface area contributed by atoms with E-state index < -0.39 is 6.10 Å². The number of carbonyl (C=O) groups is 1. The summed E-state index contributed by atoms with van der Waals surface area (Å²) < 4.78 is 8.23. The van der Waals surface area contributed by atoms with Gasteiger partial charge in [0.15, 0.2) is 0 Å². The summed E-state index contributed by atoms with van der Waals surface area (Å²) in [7, 11) is 0. The number of hydrogen-bond donors (Lipinski definition) is 2. The van der Waals surface area contributed by atoms with Crippen molar-refractivity contribution in [3.63, 3.8) is 0 Å². The Bertz CT molecular complexity index is 658. The second kappa shape index (κ2) is 8.44. The molecule has 23 heavy (non-hydrogen) atoms. The summed E-state index contributed by atoms with van der Waals surface area (Å²) in [5.41, 5.74) is 1.10. The van der Waals surface area contributed by atoms with Gasteiger partial charge in [0, 0.05) is 23.6 Å². The fourth-order valence-corrected chi connectivity index (χ4v) is 2.76. The first-order valence-electron chi connectivity index (χ1n) is 7.12. The molecule has 8 heteroatoms. The molecule has 1 saturated heterocycles. The lowest BCUT2D eigenvalue weighted by Crippen LogP contribution is -2.45. The van der Waals surface area contributed by atoms with Crippen LogP contribution in [0.5, 0.6) is 0 Å². The zero-order chi connectivity index (χ0) is 15.4. The Balaban J connectivity index is 0.00000192. The number of anilines is 1. The van der Waals surface area contributed by atoms with Crippen LogP contribution in [0.4, 0.5) is 5.82 Å². The first-order chi connectivity index (χ1) is 10.7. The van der Waals surface area contributed by atoms with Crippen molar-refractivity contribution in [1.82, 2.24) is 15.1 Å². The third-order valence-corrected chi connectivity index (χ3v) is 3.90. The third kappa shape index (κ3) is 4.78. The van der Waals surface area contributed by atoms with E-state index in [-0.39, 0.29) is 18.3 Å². The maximum Gasteiger partial charge on any atom is 0.255 e. The van der Waals surface area contributed by atoms with Crippen LogP contribution in [0.1, 0.15) is 5.56 Å². The Labute approximate surface area is 149 Å². The minimum absolute atomic E-state index is 0. The monoisotopic (exact) mass is 400 g/mol. The zero-order valence-corrected chi connectivity index (χ0v) is 14.8. The predicted molar refractivity (Wildman–Crippen MR) is 94.0 cm³/mol. The predicted octanol–water partition coefficient (Wildman–Crippen LogP) is 2.04. The van der Waals surface area contributed by atoms with E-state index in [4.69, 9.17) is 4.74 Å². The molecule has 1 aliphatic heterocycles. The van der Waals surface area contributed by atoms with Gasteiger partial charge in [0.1, 0.15) is 11.9 Å². The zero-order valence-electron chi connectivity index (χ0n) is 12.4. The van der Waals surface area contributed by atoms with E-state index in [9.17, 15) is 4.79 Å². The highest BCUT2D eigenvalue weighted by Crippen LogP contribution is 2.15. The molecule has 1 aliphatic rings. The molecule has 124 valence electrons. The summed E-state index contributed by atoms with van der Waals surface area (Å²) in [6.45, 7) is 2.46. The molecule has 2 aromatic rings. The maximum absolute atomic E-state index is 12.2. The summed E-state index contributed by atoms with van der Waals surface area (Å²) in [5.74, 6) is 0.516. The standard InChI is InChI=1S/C15H17BrN4O2.ClH/c16-12-3-1-2-11(8-12)10-20-14(4-5-18-20)19-15(21)13-9-17-6-7-22-13;/h1-5,8,13,17H,6-7,9-10H2,(H,19,21);1H/t13-;/m1./s1. The minimum Gasteiger partial charge on any atom is -0.366 e. The summed E-state index contributed by atoms with van der Waals surface area (Å²) in [6.07, 6.45) is 1.22. The molecular formula is C15H18BrClN4O2. The second-order valence-corrected chi connectivity index (χ2v) is 5.97. The first-order valence-corrected chi connectivity index (χ1v) is 7.91. The first kappa shape index (κ1) is 17.9. The van der Waals surface area contributed by atoms with Crippen molar-refractivity contribution in [2.45, 2.75) is 12.6 Å². The van der Waals surface area contributed by atoms with Gasteiger partial charge in [-0.1, -0.05) is 28.1 Å². The van der Waals surface area contributed by atoms with Crippen LogP contribution in [-0.4, -0.2) is 41.5 Å². The van der Waals surface area contributed by atoms with E-state index in [2.05, 4.69) is 31.7 Å². The van der Waals surface area contributed by atoms with Crippen molar-refractivity contribution in [3.8, 4) is 0 Å². The van der Waals surface area contributed by atoms with Gasteiger partial charge in [0.25, 0.3) is 5.91 Å². The van der Waals surface area contributed by atoms with Crippen LogP contribution >= 0.6 is 28.3 Å². The molecule has 0 spiro atoms. The van der Waals surface area contributed by atoms with Gasteiger partial charge in [-0.2, -0.15) is 5.10 Å². The lowest BCUT2D eigenvalue weighted by molar-refractivity contribution is -0.128. The van der Waals surface area contributed by atoms with Gasteiger partial charge < -0.3 is 15.4 Å². The van der Waals surface area contributed by atoms with Crippen LogP contribution in [0.25, 0.3) is 0 Å². The van der Waals surface area contributed by atoms with E-state index in [1.54, 1.807) is 16.9 Å². The number of nitrogens with one attached hydrogen (secondary N) is 2. The van der Waals surface area contributed by atoms with Crippen molar-refractivity contribution in [1.29, 1.82) is 0 Å². The summed E-state index contributed by atoms with van der Waals surface area (Å²) in [4.78, 5) is 12.2. The topological polar surface area (TPSA) is 68.2 Å². The average Bonchev–Trinajstić information content (AvgIpc) is 2.95. The summed E-state index contributed by atoms with van der Waals surface area (Å²) in [6, 6.07) is 9.78. The van der Waals surface area contributed by atoms with Crippen molar-refractivity contribution in [2.75, 3.05) is 25.0 Å². The molecule has 2 heterocycles. The van der Waals surface area contributed by atoms with Gasteiger partial charge in [-0.3, -0.25) is 4.79 Å². The molecule has 1 aromatic carbocycles. The number of halogens is 2. The van der Waals surface area contributed by atoms with E-state index in [0.29, 0.717) is 25.5 Å². The van der Waals surface area contributed by atoms with E-state index >= 15 is 0 Å². The third-order valence-electron chi connectivity index (χ3n) is 3.41. The Morgan fingerprint density at radius 3 is 3.09 bits per heavy atom. The van der Waals surface area contributed by atoms with Gasteiger partial charge in [0.05, 0.1) is 19.3 Å². The molecule has 1 amide bonds. The molecule has 0 bridgehead atoms. The van der Waals surface area contributed by atoms with E-state index in [1.807, 2.05) is 24.3 Å². The smallest absolute Gasteiger partial charge is 0.255 e. The lowest BCUT2D eigenvalue weighted by atomic mass is 10.2. The normalized spacial score (nSPS) is 17.3. The van der Waals surface area contributed by atoms with Gasteiger partial charge in [-0.05, 0) is 17.7 Å². The van der Waals surface area contributed by atoms with Gasteiger partial charge in [-0.25, -0.2) is 4.68 Å². The largest absolute Gasteiger partial charge is 0.366 e. The van der Waals surface area contributed by atoms with Crippen LogP contribution in [0.2, 0.25) is 0 Å². The Morgan fingerprint density at radius 1 is 1.48 bits per heavy atom. The van der Waals surface area contributed by atoms with E-state index in [1.165, 1.54) is 0 Å². The van der Waals surface area contributed by atoms with Crippen molar-refractivity contribution in [2.24, 2.45) is 0 Å². The lowest BCUT2D eigenvalue weighted by Gasteiger charge is -2.22. The molecule has 2 N–H and O–H groups in total. The number of morpholine rings is 1. The number of hydrogen-bond acceptors (Lipinski definition) is 4. The number of aromatic nitrogens is 2. The van der Waals surface area contributed by atoms with Crippen LogP contribution in [0.3, 0.4) is 0 Å². The quantitative estimate of drug-likeness (QED) is 0.823. The molecule has 1 atom stereocenters. The van der Waals surface area contributed by atoms with Gasteiger partial charge in [-0.15, -0.1) is 12.4 Å². The molecule has 6 nitrogen and oxygen atoms in total. The SMILES string of the molecule is Cl.O=C(Nc1ccnn1Cc1cccc(Br)c1)[C@H]1CNCCO1. The number of nitrogens with zero attached hydrogens (tertiary/aromatic N) is 2. The fraction of sp³-hybridized carbons (Fsp3) is 0.333. The highest BCUT2D eigenvalue weighted by molar-refractivity contribution is 9.10. The molecule has 0 unspecified atom stereocenters. The van der Waals surface area contributed by atoms with E-state index in [0.717, 1.165) is 16.6 Å². The Morgan fingerprint density at radius 2 is 2.35 bits per heavy atom. The van der Waals surface area contributed by atoms with Crippen LogP contribution in [-0.2, 0) is 16.1 Å². The summed E-state index contributed by atoms with van der Waals surface area (Å²) in [5, 5.41) is 10.3. The van der Waals surface area contributed by atoms with Crippen molar-refractivity contribution in [3.05, 3.63) is 46.6 Å². The highest BCUT2D eigenvalue weighted by Gasteiger charge is 2.22. The highest BCUT2D eigenvalue weighted by atomic mass is 79.9. The number of rotatable bonds is 4. The van der Waals surface area contributed by atoms with Crippen molar-refractivity contribution < 1.29 is 9.53 Å². The number of amides is 1. The molecule has 0 radical (unpaired) electrons. The molecule has 0 saturated carbocycles. The fourth-order valence-electron chi connectivity index (χ4n) is 2.31.